The second kappa shape index (κ2) is 10.2. The average molecular weight is 476 g/mol. The molecule has 5 aromatic rings. The monoisotopic (exact) mass is 475 g/mol. The van der Waals surface area contributed by atoms with Gasteiger partial charge in [0.25, 0.3) is 5.91 Å². The summed E-state index contributed by atoms with van der Waals surface area (Å²) in [7, 11) is 3.09. The molecule has 4 aromatic carbocycles. The van der Waals surface area contributed by atoms with Crippen LogP contribution in [0, 0.1) is 0 Å². The van der Waals surface area contributed by atoms with Gasteiger partial charge >= 0.3 is 0 Å². The minimum absolute atomic E-state index is 0.347. The fourth-order valence-electron chi connectivity index (χ4n) is 4.32. The number of hydrogen-bond donors (Lipinski definition) is 1. The Morgan fingerprint density at radius 2 is 1.47 bits per heavy atom. The molecule has 0 bridgehead atoms. The number of rotatable bonds is 7. The van der Waals surface area contributed by atoms with Crippen molar-refractivity contribution in [2.24, 2.45) is 5.10 Å². The van der Waals surface area contributed by atoms with E-state index in [2.05, 4.69) is 51.5 Å². The van der Waals surface area contributed by atoms with E-state index < -0.39 is 0 Å². The van der Waals surface area contributed by atoms with Gasteiger partial charge in [0.1, 0.15) is 0 Å². The Morgan fingerprint density at radius 1 is 0.806 bits per heavy atom. The Labute approximate surface area is 209 Å². The number of hydrogen-bond acceptors (Lipinski definition) is 4. The summed E-state index contributed by atoms with van der Waals surface area (Å²) in [5.74, 6) is 0.686. The van der Waals surface area contributed by atoms with E-state index in [0.717, 1.165) is 33.4 Å². The van der Waals surface area contributed by atoms with Crippen molar-refractivity contribution in [3.05, 3.63) is 114 Å². The van der Waals surface area contributed by atoms with Crippen LogP contribution in [0.25, 0.3) is 27.8 Å². The number of ether oxygens (including phenoxy) is 2. The Kier molecular flexibility index (Phi) is 6.49. The molecule has 0 spiro atoms. The maximum absolute atomic E-state index is 12.8. The highest BCUT2D eigenvalue weighted by Gasteiger charge is 2.18. The lowest BCUT2D eigenvalue weighted by molar-refractivity contribution is 0.0954. The quantitative estimate of drug-likeness (QED) is 0.229. The van der Waals surface area contributed by atoms with E-state index in [1.54, 1.807) is 31.5 Å². The summed E-state index contributed by atoms with van der Waals surface area (Å²) < 4.78 is 12.8. The van der Waals surface area contributed by atoms with E-state index in [1.165, 1.54) is 7.11 Å². The van der Waals surface area contributed by atoms with Crippen LogP contribution >= 0.6 is 0 Å². The molecule has 0 saturated carbocycles. The third-order valence-corrected chi connectivity index (χ3v) is 5.98. The van der Waals surface area contributed by atoms with Crippen LogP contribution in [0.15, 0.2) is 108 Å². The van der Waals surface area contributed by atoms with Crippen LogP contribution in [0.5, 0.6) is 11.5 Å². The first-order valence-corrected chi connectivity index (χ1v) is 11.5. The molecule has 36 heavy (non-hydrogen) atoms. The lowest BCUT2D eigenvalue weighted by Gasteiger charge is -2.12. The number of carbonyl (C=O) groups excluding carboxylic acids is 1. The highest BCUT2D eigenvalue weighted by Crippen LogP contribution is 2.35. The predicted molar refractivity (Wildman–Crippen MR) is 143 cm³/mol. The third-order valence-electron chi connectivity index (χ3n) is 5.98. The van der Waals surface area contributed by atoms with Crippen molar-refractivity contribution in [3.63, 3.8) is 0 Å². The van der Waals surface area contributed by atoms with Crippen LogP contribution in [0.2, 0.25) is 0 Å². The molecule has 1 aromatic heterocycles. The van der Waals surface area contributed by atoms with E-state index in [1.807, 2.05) is 48.5 Å². The zero-order valence-corrected chi connectivity index (χ0v) is 20.0. The molecule has 178 valence electrons. The number of fused-ring (bicyclic) bond motifs is 1. The van der Waals surface area contributed by atoms with Crippen LogP contribution < -0.4 is 14.9 Å². The maximum atomic E-state index is 12.8. The SMILES string of the molecule is COc1ccc(C(=O)N/N=C\c2c(-c3ccccc3)n(-c3ccccc3)c3ccccc23)cc1OC. The molecule has 5 rings (SSSR count). The number of nitrogens with zero attached hydrogens (tertiary/aromatic N) is 2. The van der Waals surface area contributed by atoms with Crippen LogP contribution in [0.3, 0.4) is 0 Å². The van der Waals surface area contributed by atoms with Gasteiger partial charge in [-0.2, -0.15) is 5.10 Å². The number of nitrogens with one attached hydrogen (secondary N) is 1. The highest BCUT2D eigenvalue weighted by atomic mass is 16.5. The van der Waals surface area contributed by atoms with Gasteiger partial charge in [0.05, 0.1) is 31.6 Å². The van der Waals surface area contributed by atoms with Gasteiger partial charge < -0.3 is 14.0 Å². The molecule has 1 heterocycles. The summed E-state index contributed by atoms with van der Waals surface area (Å²) in [5.41, 5.74) is 8.11. The molecule has 0 aliphatic heterocycles. The summed E-state index contributed by atoms with van der Waals surface area (Å²) in [4.78, 5) is 12.8. The summed E-state index contributed by atoms with van der Waals surface area (Å²) in [6, 6.07) is 33.6. The summed E-state index contributed by atoms with van der Waals surface area (Å²) in [6.45, 7) is 0. The Bertz CT molecular complexity index is 1540. The van der Waals surface area contributed by atoms with E-state index in [-0.39, 0.29) is 5.91 Å². The minimum atomic E-state index is -0.347. The minimum Gasteiger partial charge on any atom is -0.493 e. The molecular formula is C30H25N3O3. The van der Waals surface area contributed by atoms with Gasteiger partial charge in [-0.3, -0.25) is 4.79 Å². The number of hydrazone groups is 1. The van der Waals surface area contributed by atoms with Crippen LogP contribution in [-0.4, -0.2) is 30.9 Å². The Balaban J connectivity index is 1.58. The van der Waals surface area contributed by atoms with Gasteiger partial charge in [-0.25, -0.2) is 5.43 Å². The molecule has 0 saturated heterocycles. The van der Waals surface area contributed by atoms with Crippen molar-refractivity contribution in [1.29, 1.82) is 0 Å². The van der Waals surface area contributed by atoms with Crippen LogP contribution in [0.4, 0.5) is 0 Å². The Morgan fingerprint density at radius 3 is 2.19 bits per heavy atom. The van der Waals surface area contributed by atoms with E-state index in [4.69, 9.17) is 9.47 Å². The van der Waals surface area contributed by atoms with Gasteiger partial charge in [-0.15, -0.1) is 0 Å². The Hall–Kier alpha value is -4.84. The van der Waals surface area contributed by atoms with Crippen molar-refractivity contribution in [2.45, 2.75) is 0 Å². The van der Waals surface area contributed by atoms with Crippen molar-refractivity contribution < 1.29 is 14.3 Å². The molecular weight excluding hydrogens is 450 g/mol. The zero-order chi connectivity index (χ0) is 24.9. The fraction of sp³-hybridized carbons (Fsp3) is 0.0667. The largest absolute Gasteiger partial charge is 0.493 e. The average Bonchev–Trinajstić information content (AvgIpc) is 3.27. The maximum Gasteiger partial charge on any atom is 0.271 e. The van der Waals surface area contributed by atoms with Crippen molar-refractivity contribution in [1.82, 2.24) is 9.99 Å². The standard InChI is InChI=1S/C30H25N3O3/c1-35-27-18-17-22(19-28(27)36-2)30(34)32-31-20-25-24-15-9-10-16-26(24)33(23-13-7-4-8-14-23)29(25)21-11-5-3-6-12-21/h3-20H,1-2H3,(H,32,34)/b31-20-. The van der Waals surface area contributed by atoms with Crippen LogP contribution in [-0.2, 0) is 0 Å². The first-order valence-electron chi connectivity index (χ1n) is 11.5. The second-order valence-electron chi connectivity index (χ2n) is 8.09. The van der Waals surface area contributed by atoms with Gasteiger partial charge in [0.2, 0.25) is 0 Å². The zero-order valence-electron chi connectivity index (χ0n) is 20.0. The van der Waals surface area contributed by atoms with Gasteiger partial charge in [0.15, 0.2) is 11.5 Å². The summed E-state index contributed by atoms with van der Waals surface area (Å²) in [6.07, 6.45) is 1.71. The number of benzene rings is 4. The molecule has 1 amide bonds. The first kappa shape index (κ1) is 22.9. The first-order chi connectivity index (χ1) is 17.7. The van der Waals surface area contributed by atoms with Crippen LogP contribution in [0.1, 0.15) is 15.9 Å². The lowest BCUT2D eigenvalue weighted by Crippen LogP contribution is -2.17. The second-order valence-corrected chi connectivity index (χ2v) is 8.09. The number of para-hydroxylation sites is 2. The van der Waals surface area contributed by atoms with E-state index >= 15 is 0 Å². The fourth-order valence-corrected chi connectivity index (χ4v) is 4.32. The molecule has 6 heteroatoms. The number of amides is 1. The molecule has 0 aliphatic rings. The van der Waals surface area contributed by atoms with E-state index in [9.17, 15) is 4.79 Å². The smallest absolute Gasteiger partial charge is 0.271 e. The van der Waals surface area contributed by atoms with Gasteiger partial charge in [0, 0.05) is 22.2 Å². The normalized spacial score (nSPS) is 11.1. The molecule has 0 unspecified atom stereocenters. The summed E-state index contributed by atoms with van der Waals surface area (Å²) >= 11 is 0. The molecule has 0 radical (unpaired) electrons. The number of methoxy groups -OCH3 is 2. The topological polar surface area (TPSA) is 64.8 Å². The third kappa shape index (κ3) is 4.32. The summed E-state index contributed by atoms with van der Waals surface area (Å²) in [5, 5.41) is 5.38. The molecule has 0 atom stereocenters. The molecule has 0 fully saturated rings. The molecule has 0 aliphatic carbocycles. The lowest BCUT2D eigenvalue weighted by atomic mass is 10.1. The number of aromatic nitrogens is 1. The highest BCUT2D eigenvalue weighted by molar-refractivity contribution is 6.08. The molecule has 6 nitrogen and oxygen atoms in total. The van der Waals surface area contributed by atoms with Crippen molar-refractivity contribution in [2.75, 3.05) is 14.2 Å². The van der Waals surface area contributed by atoms with Gasteiger partial charge in [-0.1, -0.05) is 66.7 Å². The number of carbonyl (C=O) groups is 1. The van der Waals surface area contributed by atoms with Gasteiger partial charge in [-0.05, 0) is 42.0 Å². The van der Waals surface area contributed by atoms with Crippen molar-refractivity contribution in [3.8, 4) is 28.4 Å². The predicted octanol–water partition coefficient (Wildman–Crippen LogP) is 6.08. The van der Waals surface area contributed by atoms with E-state index in [0.29, 0.717) is 17.1 Å². The molecule has 1 N–H and O–H groups in total. The van der Waals surface area contributed by atoms with Crippen molar-refractivity contribution >= 4 is 23.0 Å².